The van der Waals surface area contributed by atoms with Crippen LogP contribution in [-0.4, -0.2) is 50.5 Å². The van der Waals surface area contributed by atoms with E-state index in [1.54, 1.807) is 6.33 Å². The normalized spacial score (nSPS) is 20.1. The predicted molar refractivity (Wildman–Crippen MR) is 74.8 cm³/mol. The molecule has 5 nitrogen and oxygen atoms in total. The molecule has 1 saturated heterocycles. The first-order valence-corrected chi connectivity index (χ1v) is 7.32. The number of nitrogens with zero attached hydrogens (tertiary/aromatic N) is 4. The first-order chi connectivity index (χ1) is 9.08. The molecule has 1 aliphatic rings. The summed E-state index contributed by atoms with van der Waals surface area (Å²) in [6, 6.07) is 0. The van der Waals surface area contributed by atoms with Crippen molar-refractivity contribution in [2.45, 2.75) is 46.3 Å². The zero-order valence-corrected chi connectivity index (χ0v) is 12.3. The Kier molecular flexibility index (Phi) is 4.93. The number of likely N-dealkylation sites (tertiary alicyclic amines) is 1. The largest absolute Gasteiger partial charge is 0.393 e. The third kappa shape index (κ3) is 3.76. The van der Waals surface area contributed by atoms with Crippen molar-refractivity contribution in [3.8, 4) is 0 Å². The highest BCUT2D eigenvalue weighted by atomic mass is 16.3. The molecule has 0 amide bonds. The molecule has 0 radical (unpaired) electrons. The molecule has 0 bridgehead atoms. The van der Waals surface area contributed by atoms with Gasteiger partial charge in [-0.15, -0.1) is 10.2 Å². The zero-order chi connectivity index (χ0) is 13.8. The minimum atomic E-state index is -0.137. The third-order valence-corrected chi connectivity index (χ3v) is 4.26. The highest BCUT2D eigenvalue weighted by Gasteiger charge is 2.26. The van der Waals surface area contributed by atoms with E-state index < -0.39 is 0 Å². The van der Waals surface area contributed by atoms with Crippen LogP contribution in [-0.2, 0) is 6.54 Å². The van der Waals surface area contributed by atoms with Gasteiger partial charge in [0.1, 0.15) is 12.2 Å². The van der Waals surface area contributed by atoms with Crippen molar-refractivity contribution in [2.24, 2.45) is 11.8 Å². The van der Waals surface area contributed by atoms with Gasteiger partial charge in [0.25, 0.3) is 0 Å². The van der Waals surface area contributed by atoms with Crippen LogP contribution in [0.15, 0.2) is 6.33 Å². The lowest BCUT2D eigenvalue weighted by Gasteiger charge is -2.35. The van der Waals surface area contributed by atoms with Crippen molar-refractivity contribution in [2.75, 3.05) is 19.6 Å². The lowest BCUT2D eigenvalue weighted by atomic mass is 9.86. The van der Waals surface area contributed by atoms with Crippen molar-refractivity contribution in [3.63, 3.8) is 0 Å². The molecule has 1 aromatic heterocycles. The van der Waals surface area contributed by atoms with Crippen LogP contribution >= 0.6 is 0 Å². The Bertz CT molecular complexity index is 383. The summed E-state index contributed by atoms with van der Waals surface area (Å²) in [5.74, 6) is 1.83. The van der Waals surface area contributed by atoms with E-state index in [4.69, 9.17) is 0 Å². The molecule has 0 saturated carbocycles. The maximum absolute atomic E-state index is 10.1. The molecule has 1 aliphatic heterocycles. The van der Waals surface area contributed by atoms with Crippen molar-refractivity contribution in [1.82, 2.24) is 19.7 Å². The number of hydrogen-bond acceptors (Lipinski definition) is 4. The van der Waals surface area contributed by atoms with Crippen LogP contribution in [0.25, 0.3) is 0 Å². The molecule has 1 N–H and O–H groups in total. The van der Waals surface area contributed by atoms with E-state index in [1.165, 1.54) is 0 Å². The smallest absolute Gasteiger partial charge is 0.129 e. The molecular formula is C14H26N4O. The first kappa shape index (κ1) is 14.5. The van der Waals surface area contributed by atoms with Crippen LogP contribution in [0.5, 0.6) is 0 Å². The monoisotopic (exact) mass is 266 g/mol. The Balaban J connectivity index is 1.73. The molecule has 1 unspecified atom stereocenters. The van der Waals surface area contributed by atoms with E-state index in [0.29, 0.717) is 11.8 Å². The molecule has 2 rings (SSSR count). The van der Waals surface area contributed by atoms with Crippen LogP contribution in [0.2, 0.25) is 0 Å². The van der Waals surface area contributed by atoms with Gasteiger partial charge in [-0.2, -0.15) is 0 Å². The molecule has 2 heterocycles. The SMILES string of the molecule is Cc1nncn1CCN1CCC(C(O)C(C)C)CC1. The molecule has 1 aromatic rings. The lowest BCUT2D eigenvalue weighted by molar-refractivity contribution is 0.0278. The van der Waals surface area contributed by atoms with Gasteiger partial charge in [-0.05, 0) is 44.7 Å². The minimum Gasteiger partial charge on any atom is -0.393 e. The summed E-state index contributed by atoms with van der Waals surface area (Å²) in [5.41, 5.74) is 0. The number of aliphatic hydroxyl groups excluding tert-OH is 1. The Labute approximate surface area is 115 Å². The Morgan fingerprint density at radius 3 is 2.53 bits per heavy atom. The second-order valence-corrected chi connectivity index (χ2v) is 5.99. The zero-order valence-electron chi connectivity index (χ0n) is 12.3. The molecule has 0 aliphatic carbocycles. The Hall–Kier alpha value is -0.940. The fraction of sp³-hybridized carbons (Fsp3) is 0.857. The Morgan fingerprint density at radius 2 is 2.00 bits per heavy atom. The van der Waals surface area contributed by atoms with Crippen LogP contribution in [0.3, 0.4) is 0 Å². The van der Waals surface area contributed by atoms with Gasteiger partial charge in [-0.3, -0.25) is 0 Å². The van der Waals surface area contributed by atoms with E-state index in [9.17, 15) is 5.11 Å². The van der Waals surface area contributed by atoms with E-state index in [2.05, 4.69) is 33.5 Å². The quantitative estimate of drug-likeness (QED) is 0.873. The van der Waals surface area contributed by atoms with E-state index in [-0.39, 0.29) is 6.10 Å². The number of aromatic nitrogens is 3. The predicted octanol–water partition coefficient (Wildman–Crippen LogP) is 1.32. The van der Waals surface area contributed by atoms with Gasteiger partial charge in [-0.25, -0.2) is 0 Å². The standard InChI is InChI=1S/C14H26N4O/c1-11(2)14(19)13-4-6-17(7-5-13)8-9-18-10-15-16-12(18)3/h10-11,13-14,19H,4-9H2,1-3H3. The van der Waals surface area contributed by atoms with Crippen LogP contribution in [0.1, 0.15) is 32.5 Å². The summed E-state index contributed by atoms with van der Waals surface area (Å²) in [6.45, 7) is 10.4. The van der Waals surface area contributed by atoms with Crippen molar-refractivity contribution in [1.29, 1.82) is 0 Å². The van der Waals surface area contributed by atoms with Crippen LogP contribution in [0, 0.1) is 18.8 Å². The van der Waals surface area contributed by atoms with Gasteiger partial charge in [0.05, 0.1) is 6.10 Å². The Morgan fingerprint density at radius 1 is 1.32 bits per heavy atom. The third-order valence-electron chi connectivity index (χ3n) is 4.26. The van der Waals surface area contributed by atoms with Gasteiger partial charge in [-0.1, -0.05) is 13.8 Å². The summed E-state index contributed by atoms with van der Waals surface area (Å²) < 4.78 is 2.09. The molecule has 108 valence electrons. The summed E-state index contributed by atoms with van der Waals surface area (Å²) in [7, 11) is 0. The molecule has 19 heavy (non-hydrogen) atoms. The van der Waals surface area contributed by atoms with Gasteiger partial charge >= 0.3 is 0 Å². The minimum absolute atomic E-state index is 0.137. The number of hydrogen-bond donors (Lipinski definition) is 1. The maximum Gasteiger partial charge on any atom is 0.129 e. The number of rotatable bonds is 5. The summed E-state index contributed by atoms with van der Waals surface area (Å²) in [5, 5.41) is 18.0. The van der Waals surface area contributed by atoms with Gasteiger partial charge in [0.2, 0.25) is 0 Å². The average Bonchev–Trinajstić information content (AvgIpc) is 2.81. The molecule has 1 fully saturated rings. The molecule has 0 spiro atoms. The van der Waals surface area contributed by atoms with Crippen LogP contribution in [0.4, 0.5) is 0 Å². The van der Waals surface area contributed by atoms with Gasteiger partial charge in [0.15, 0.2) is 0 Å². The van der Waals surface area contributed by atoms with Gasteiger partial charge < -0.3 is 14.6 Å². The summed E-state index contributed by atoms with van der Waals surface area (Å²) in [4.78, 5) is 2.48. The maximum atomic E-state index is 10.1. The second-order valence-electron chi connectivity index (χ2n) is 5.99. The fourth-order valence-electron chi connectivity index (χ4n) is 2.84. The fourth-order valence-corrected chi connectivity index (χ4v) is 2.84. The number of aryl methyl sites for hydroxylation is 1. The van der Waals surface area contributed by atoms with Crippen molar-refractivity contribution in [3.05, 3.63) is 12.2 Å². The van der Waals surface area contributed by atoms with Crippen LogP contribution < -0.4 is 0 Å². The van der Waals surface area contributed by atoms with Crippen molar-refractivity contribution < 1.29 is 5.11 Å². The van der Waals surface area contributed by atoms with Gasteiger partial charge in [0, 0.05) is 13.1 Å². The van der Waals surface area contributed by atoms with E-state index in [0.717, 1.165) is 44.8 Å². The van der Waals surface area contributed by atoms with Crippen molar-refractivity contribution >= 4 is 0 Å². The topological polar surface area (TPSA) is 54.2 Å². The summed E-state index contributed by atoms with van der Waals surface area (Å²) in [6.07, 6.45) is 3.88. The molecule has 1 atom stereocenters. The highest BCUT2D eigenvalue weighted by Crippen LogP contribution is 2.24. The molecular weight excluding hydrogens is 240 g/mol. The van der Waals surface area contributed by atoms with E-state index in [1.807, 2.05) is 6.92 Å². The van der Waals surface area contributed by atoms with E-state index >= 15 is 0 Å². The summed E-state index contributed by atoms with van der Waals surface area (Å²) >= 11 is 0. The average molecular weight is 266 g/mol. The molecule has 5 heteroatoms. The number of piperidine rings is 1. The number of aliphatic hydroxyl groups is 1. The lowest BCUT2D eigenvalue weighted by Crippen LogP contribution is -2.40. The second kappa shape index (κ2) is 6.48. The molecule has 0 aromatic carbocycles. The first-order valence-electron chi connectivity index (χ1n) is 7.32. The highest BCUT2D eigenvalue weighted by molar-refractivity contribution is 4.82.